The Kier molecular flexibility index (Phi) is 5.63. The molecule has 23 heavy (non-hydrogen) atoms. The van der Waals surface area contributed by atoms with E-state index in [0.29, 0.717) is 0 Å². The number of aliphatic hydroxyl groups is 1. The zero-order valence-corrected chi connectivity index (χ0v) is 14.4. The molecule has 0 aliphatic carbocycles. The quantitative estimate of drug-likeness (QED) is 0.560. The molecule has 0 saturated carbocycles. The summed E-state index contributed by atoms with van der Waals surface area (Å²) in [7, 11) is 0. The van der Waals surface area contributed by atoms with Gasteiger partial charge in [-0.3, -0.25) is 0 Å². The maximum Gasteiger partial charge on any atom is 0.193 e. The Hall–Kier alpha value is -2.05. The predicted octanol–water partition coefficient (Wildman–Crippen LogP) is 3.17. The van der Waals surface area contributed by atoms with Gasteiger partial charge in [-0.2, -0.15) is 11.3 Å². The second kappa shape index (κ2) is 7.48. The highest BCUT2D eigenvalue weighted by atomic mass is 32.1. The molecule has 1 aromatic heterocycles. The average molecular weight is 333 g/mol. The summed E-state index contributed by atoms with van der Waals surface area (Å²) in [5, 5.41) is 17.2. The Morgan fingerprint density at radius 2 is 2.04 bits per heavy atom. The SMILES string of the molecule is CC(C)Oc1ccc(NC(N)=NCC(C)(O)c2ccsc2)cc1. The monoisotopic (exact) mass is 333 g/mol. The molecule has 0 spiro atoms. The van der Waals surface area contributed by atoms with E-state index in [2.05, 4.69) is 10.3 Å². The van der Waals surface area contributed by atoms with Gasteiger partial charge in [-0.15, -0.1) is 0 Å². The Morgan fingerprint density at radius 3 is 2.61 bits per heavy atom. The molecule has 0 aliphatic heterocycles. The summed E-state index contributed by atoms with van der Waals surface area (Å²) in [4.78, 5) is 4.22. The molecular formula is C17H23N3O2S. The summed E-state index contributed by atoms with van der Waals surface area (Å²) in [6.07, 6.45) is 0.139. The van der Waals surface area contributed by atoms with Gasteiger partial charge in [0.1, 0.15) is 11.4 Å². The minimum absolute atomic E-state index is 0.139. The summed E-state index contributed by atoms with van der Waals surface area (Å²) in [5.74, 6) is 1.07. The lowest BCUT2D eigenvalue weighted by Crippen LogP contribution is -2.29. The van der Waals surface area contributed by atoms with Gasteiger partial charge in [0, 0.05) is 5.69 Å². The van der Waals surface area contributed by atoms with Crippen molar-refractivity contribution in [1.29, 1.82) is 0 Å². The summed E-state index contributed by atoms with van der Waals surface area (Å²) < 4.78 is 5.59. The smallest absolute Gasteiger partial charge is 0.193 e. The fourth-order valence-electron chi connectivity index (χ4n) is 1.98. The number of aliphatic imine (C=N–C) groups is 1. The van der Waals surface area contributed by atoms with E-state index in [1.54, 1.807) is 18.3 Å². The van der Waals surface area contributed by atoms with Crippen LogP contribution in [0, 0.1) is 0 Å². The molecule has 1 atom stereocenters. The van der Waals surface area contributed by atoms with Crippen LogP contribution in [0.25, 0.3) is 0 Å². The lowest BCUT2D eigenvalue weighted by atomic mass is 10.00. The lowest BCUT2D eigenvalue weighted by Gasteiger charge is -2.20. The molecule has 0 aliphatic rings. The van der Waals surface area contributed by atoms with Crippen molar-refractivity contribution in [1.82, 2.24) is 0 Å². The maximum absolute atomic E-state index is 10.4. The van der Waals surface area contributed by atoms with Crippen LogP contribution in [0.1, 0.15) is 26.3 Å². The van der Waals surface area contributed by atoms with Gasteiger partial charge in [0.05, 0.1) is 12.6 Å². The molecule has 5 nitrogen and oxygen atoms in total. The van der Waals surface area contributed by atoms with Crippen molar-refractivity contribution < 1.29 is 9.84 Å². The number of rotatable bonds is 6. The second-order valence-electron chi connectivity index (χ2n) is 5.80. The van der Waals surface area contributed by atoms with Crippen LogP contribution in [0.5, 0.6) is 5.75 Å². The van der Waals surface area contributed by atoms with Gasteiger partial charge in [-0.05, 0) is 67.4 Å². The number of thiophene rings is 1. The van der Waals surface area contributed by atoms with Crippen molar-refractivity contribution in [3.63, 3.8) is 0 Å². The highest BCUT2D eigenvalue weighted by Crippen LogP contribution is 2.23. The molecule has 1 aromatic carbocycles. The zero-order chi connectivity index (χ0) is 16.9. The van der Waals surface area contributed by atoms with Gasteiger partial charge in [-0.1, -0.05) is 0 Å². The molecule has 2 rings (SSSR count). The molecule has 4 N–H and O–H groups in total. The first kappa shape index (κ1) is 17.3. The number of ether oxygens (including phenoxy) is 1. The van der Waals surface area contributed by atoms with Crippen LogP contribution in [-0.2, 0) is 5.60 Å². The highest BCUT2D eigenvalue weighted by molar-refractivity contribution is 7.08. The van der Waals surface area contributed by atoms with Gasteiger partial charge >= 0.3 is 0 Å². The number of guanidine groups is 1. The first-order valence-corrected chi connectivity index (χ1v) is 8.40. The molecule has 0 amide bonds. The fourth-order valence-corrected chi connectivity index (χ4v) is 2.76. The van der Waals surface area contributed by atoms with Crippen LogP contribution in [0.2, 0.25) is 0 Å². The minimum atomic E-state index is -1.03. The summed E-state index contributed by atoms with van der Waals surface area (Å²) in [6.45, 7) is 5.88. The molecular weight excluding hydrogens is 310 g/mol. The van der Waals surface area contributed by atoms with E-state index in [-0.39, 0.29) is 18.6 Å². The highest BCUT2D eigenvalue weighted by Gasteiger charge is 2.23. The Bertz CT molecular complexity index is 634. The molecule has 0 fully saturated rings. The molecule has 1 unspecified atom stereocenters. The van der Waals surface area contributed by atoms with Crippen molar-refractivity contribution in [2.45, 2.75) is 32.5 Å². The van der Waals surface area contributed by atoms with E-state index < -0.39 is 5.60 Å². The predicted molar refractivity (Wildman–Crippen MR) is 96.2 cm³/mol. The van der Waals surface area contributed by atoms with E-state index in [1.165, 1.54) is 0 Å². The normalized spacial score (nSPS) is 14.6. The van der Waals surface area contributed by atoms with Crippen LogP contribution in [0.15, 0.2) is 46.1 Å². The van der Waals surface area contributed by atoms with Crippen molar-refractivity contribution in [2.75, 3.05) is 11.9 Å². The molecule has 124 valence electrons. The Balaban J connectivity index is 1.94. The number of hydrogen-bond acceptors (Lipinski definition) is 4. The third kappa shape index (κ3) is 5.26. The van der Waals surface area contributed by atoms with Crippen LogP contribution in [0.3, 0.4) is 0 Å². The third-order valence-corrected chi connectivity index (χ3v) is 3.88. The molecule has 0 saturated heterocycles. The van der Waals surface area contributed by atoms with Gasteiger partial charge in [0.25, 0.3) is 0 Å². The third-order valence-electron chi connectivity index (χ3n) is 3.20. The van der Waals surface area contributed by atoms with E-state index in [1.807, 2.05) is 54.9 Å². The second-order valence-corrected chi connectivity index (χ2v) is 6.58. The maximum atomic E-state index is 10.4. The fraction of sp³-hybridized carbons (Fsp3) is 0.353. The van der Waals surface area contributed by atoms with Gasteiger partial charge in [-0.25, -0.2) is 4.99 Å². The first-order valence-electron chi connectivity index (χ1n) is 7.45. The number of benzene rings is 1. The lowest BCUT2D eigenvalue weighted by molar-refractivity contribution is 0.0678. The van der Waals surface area contributed by atoms with Gasteiger partial charge in [0.15, 0.2) is 5.96 Å². The van der Waals surface area contributed by atoms with Crippen molar-refractivity contribution in [2.24, 2.45) is 10.7 Å². The zero-order valence-electron chi connectivity index (χ0n) is 13.6. The van der Waals surface area contributed by atoms with Gasteiger partial charge < -0.3 is 20.9 Å². The van der Waals surface area contributed by atoms with E-state index in [0.717, 1.165) is 17.0 Å². The summed E-state index contributed by atoms with van der Waals surface area (Å²) in [5.41, 5.74) is 6.52. The first-order chi connectivity index (χ1) is 10.9. The van der Waals surface area contributed by atoms with Crippen molar-refractivity contribution in [3.05, 3.63) is 46.7 Å². The largest absolute Gasteiger partial charge is 0.491 e. The van der Waals surface area contributed by atoms with Crippen LogP contribution in [0.4, 0.5) is 5.69 Å². The molecule has 0 radical (unpaired) electrons. The van der Waals surface area contributed by atoms with E-state index >= 15 is 0 Å². The summed E-state index contributed by atoms with van der Waals surface area (Å²) >= 11 is 1.54. The van der Waals surface area contributed by atoms with Crippen LogP contribution in [-0.4, -0.2) is 23.7 Å². The van der Waals surface area contributed by atoms with Crippen LogP contribution < -0.4 is 15.8 Å². The molecule has 0 bridgehead atoms. The Labute approximate surface area is 140 Å². The van der Waals surface area contributed by atoms with Gasteiger partial charge in [0.2, 0.25) is 0 Å². The average Bonchev–Trinajstić information content (AvgIpc) is 3.02. The standard InChI is InChI=1S/C17H23N3O2S/c1-12(2)22-15-6-4-14(5-7-15)20-16(18)19-11-17(3,21)13-8-9-23-10-13/h4-10,12,21H,11H2,1-3H3,(H3,18,19,20). The van der Waals surface area contributed by atoms with E-state index in [9.17, 15) is 5.11 Å². The number of hydrogen-bond donors (Lipinski definition) is 3. The van der Waals surface area contributed by atoms with Crippen LogP contribution >= 0.6 is 11.3 Å². The van der Waals surface area contributed by atoms with Crippen molar-refractivity contribution >= 4 is 23.0 Å². The molecule has 2 aromatic rings. The topological polar surface area (TPSA) is 79.9 Å². The Morgan fingerprint density at radius 1 is 1.35 bits per heavy atom. The number of nitrogens with two attached hydrogens (primary N) is 1. The number of anilines is 1. The van der Waals surface area contributed by atoms with E-state index in [4.69, 9.17) is 10.5 Å². The minimum Gasteiger partial charge on any atom is -0.491 e. The summed E-state index contributed by atoms with van der Waals surface area (Å²) in [6, 6.07) is 9.37. The molecule has 6 heteroatoms. The van der Waals surface area contributed by atoms with Crippen molar-refractivity contribution in [3.8, 4) is 5.75 Å². The number of nitrogens with zero attached hydrogens (tertiary/aromatic N) is 1. The molecule has 1 heterocycles. The number of nitrogens with one attached hydrogen (secondary N) is 1.